The van der Waals surface area contributed by atoms with Gasteiger partial charge in [0.15, 0.2) is 0 Å². The summed E-state index contributed by atoms with van der Waals surface area (Å²) in [5.41, 5.74) is 0. The number of nitrogens with one attached hydrogen (secondary N) is 1. The number of likely N-dealkylation sites (tertiary alicyclic amines) is 1. The molecular formula is C12H19N3O. The molecule has 1 heterocycles. The van der Waals surface area contributed by atoms with Crippen molar-refractivity contribution in [2.45, 2.75) is 38.6 Å². The van der Waals surface area contributed by atoms with E-state index < -0.39 is 0 Å². The Hall–Kier alpha value is -1.24. The Morgan fingerprint density at radius 2 is 2.25 bits per heavy atom. The lowest BCUT2D eigenvalue weighted by Gasteiger charge is -2.31. The SMILES string of the molecule is CC1CCCN(C(=O)NC(C#N)C2CC2)C1. The molecule has 1 aliphatic carbocycles. The number of amides is 2. The van der Waals surface area contributed by atoms with Gasteiger partial charge in [-0.1, -0.05) is 6.92 Å². The number of nitriles is 1. The van der Waals surface area contributed by atoms with Gasteiger partial charge in [0, 0.05) is 13.1 Å². The Labute approximate surface area is 96.6 Å². The van der Waals surface area contributed by atoms with E-state index in [0.29, 0.717) is 11.8 Å². The molecule has 0 radical (unpaired) electrons. The van der Waals surface area contributed by atoms with Crippen LogP contribution in [0, 0.1) is 23.2 Å². The first kappa shape index (κ1) is 11.3. The topological polar surface area (TPSA) is 56.1 Å². The van der Waals surface area contributed by atoms with E-state index in [9.17, 15) is 4.79 Å². The van der Waals surface area contributed by atoms with Crippen LogP contribution >= 0.6 is 0 Å². The van der Waals surface area contributed by atoms with E-state index in [-0.39, 0.29) is 12.1 Å². The van der Waals surface area contributed by atoms with E-state index in [1.54, 1.807) is 0 Å². The summed E-state index contributed by atoms with van der Waals surface area (Å²) < 4.78 is 0. The summed E-state index contributed by atoms with van der Waals surface area (Å²) in [6, 6.07) is 1.86. The summed E-state index contributed by atoms with van der Waals surface area (Å²) in [7, 11) is 0. The fourth-order valence-electron chi connectivity index (χ4n) is 2.28. The Balaban J connectivity index is 1.84. The standard InChI is InChI=1S/C12H19N3O/c1-9-3-2-6-15(8-9)12(16)14-11(7-13)10-4-5-10/h9-11H,2-6,8H2,1H3,(H,14,16). The molecule has 2 aliphatic rings. The Morgan fingerprint density at radius 3 is 2.81 bits per heavy atom. The van der Waals surface area contributed by atoms with Gasteiger partial charge in [-0.15, -0.1) is 0 Å². The normalized spacial score (nSPS) is 27.0. The molecule has 2 fully saturated rings. The lowest BCUT2D eigenvalue weighted by molar-refractivity contribution is 0.167. The zero-order chi connectivity index (χ0) is 11.5. The molecule has 0 aromatic carbocycles. The number of nitrogens with zero attached hydrogens (tertiary/aromatic N) is 2. The molecule has 2 unspecified atom stereocenters. The van der Waals surface area contributed by atoms with E-state index >= 15 is 0 Å². The van der Waals surface area contributed by atoms with Gasteiger partial charge >= 0.3 is 6.03 Å². The first-order chi connectivity index (χ1) is 7.70. The highest BCUT2D eigenvalue weighted by Gasteiger charge is 2.33. The number of hydrogen-bond acceptors (Lipinski definition) is 2. The molecule has 4 nitrogen and oxygen atoms in total. The maximum absolute atomic E-state index is 11.9. The summed E-state index contributed by atoms with van der Waals surface area (Å²) in [4.78, 5) is 13.8. The molecule has 1 saturated heterocycles. The first-order valence-electron chi connectivity index (χ1n) is 6.15. The van der Waals surface area contributed by atoms with Gasteiger partial charge in [0.05, 0.1) is 6.07 Å². The average Bonchev–Trinajstić information content (AvgIpc) is 3.09. The van der Waals surface area contributed by atoms with Gasteiger partial charge in [-0.2, -0.15) is 5.26 Å². The third-order valence-electron chi connectivity index (χ3n) is 3.46. The molecule has 1 aliphatic heterocycles. The van der Waals surface area contributed by atoms with Crippen LogP contribution in [-0.2, 0) is 0 Å². The van der Waals surface area contributed by atoms with Crippen molar-refractivity contribution in [1.82, 2.24) is 10.2 Å². The summed E-state index contributed by atoms with van der Waals surface area (Å²) >= 11 is 0. The maximum atomic E-state index is 11.9. The zero-order valence-corrected chi connectivity index (χ0v) is 9.78. The number of hydrogen-bond donors (Lipinski definition) is 1. The highest BCUT2D eigenvalue weighted by molar-refractivity contribution is 5.75. The smallest absolute Gasteiger partial charge is 0.318 e. The van der Waals surface area contributed by atoms with Crippen LogP contribution < -0.4 is 5.32 Å². The largest absolute Gasteiger partial charge is 0.325 e. The Kier molecular flexibility index (Phi) is 3.33. The van der Waals surface area contributed by atoms with Crippen molar-refractivity contribution in [3.8, 4) is 6.07 Å². The second-order valence-electron chi connectivity index (χ2n) is 5.09. The minimum absolute atomic E-state index is 0.0509. The van der Waals surface area contributed by atoms with Gasteiger partial charge in [-0.3, -0.25) is 0 Å². The number of piperidine rings is 1. The van der Waals surface area contributed by atoms with Crippen molar-refractivity contribution < 1.29 is 4.79 Å². The second-order valence-corrected chi connectivity index (χ2v) is 5.09. The highest BCUT2D eigenvalue weighted by atomic mass is 16.2. The monoisotopic (exact) mass is 221 g/mol. The van der Waals surface area contributed by atoms with Crippen molar-refractivity contribution in [2.75, 3.05) is 13.1 Å². The zero-order valence-electron chi connectivity index (χ0n) is 9.78. The van der Waals surface area contributed by atoms with Gasteiger partial charge < -0.3 is 10.2 Å². The van der Waals surface area contributed by atoms with Crippen LogP contribution in [0.3, 0.4) is 0 Å². The van der Waals surface area contributed by atoms with Crippen LogP contribution in [0.15, 0.2) is 0 Å². The molecule has 16 heavy (non-hydrogen) atoms. The van der Waals surface area contributed by atoms with Crippen LogP contribution in [0.2, 0.25) is 0 Å². The summed E-state index contributed by atoms with van der Waals surface area (Å²) in [6.45, 7) is 3.83. The average molecular weight is 221 g/mol. The van der Waals surface area contributed by atoms with Crippen LogP contribution in [0.5, 0.6) is 0 Å². The van der Waals surface area contributed by atoms with Crippen molar-refractivity contribution in [3.05, 3.63) is 0 Å². The molecular weight excluding hydrogens is 202 g/mol. The van der Waals surface area contributed by atoms with Gasteiger partial charge in [0.1, 0.15) is 6.04 Å². The van der Waals surface area contributed by atoms with Crippen LogP contribution in [-0.4, -0.2) is 30.1 Å². The van der Waals surface area contributed by atoms with E-state index in [2.05, 4.69) is 18.3 Å². The van der Waals surface area contributed by atoms with Crippen molar-refractivity contribution in [3.63, 3.8) is 0 Å². The Bertz CT molecular complexity index is 306. The van der Waals surface area contributed by atoms with E-state index in [1.165, 1.54) is 6.42 Å². The predicted octanol–water partition coefficient (Wildman–Crippen LogP) is 1.73. The van der Waals surface area contributed by atoms with E-state index in [1.807, 2.05) is 4.90 Å². The molecule has 0 spiro atoms. The molecule has 2 rings (SSSR count). The van der Waals surface area contributed by atoms with Gasteiger partial charge in [0.25, 0.3) is 0 Å². The molecule has 88 valence electrons. The molecule has 1 N–H and O–H groups in total. The molecule has 0 aromatic rings. The predicted molar refractivity (Wildman–Crippen MR) is 60.6 cm³/mol. The number of urea groups is 1. The van der Waals surface area contributed by atoms with Crippen molar-refractivity contribution >= 4 is 6.03 Å². The molecule has 4 heteroatoms. The highest BCUT2D eigenvalue weighted by Crippen LogP contribution is 2.32. The van der Waals surface area contributed by atoms with E-state index in [4.69, 9.17) is 5.26 Å². The molecule has 2 atom stereocenters. The van der Waals surface area contributed by atoms with Gasteiger partial charge in [-0.05, 0) is 37.5 Å². The van der Waals surface area contributed by atoms with Crippen LogP contribution in [0.1, 0.15) is 32.6 Å². The van der Waals surface area contributed by atoms with Gasteiger partial charge in [0.2, 0.25) is 0 Å². The summed E-state index contributed by atoms with van der Waals surface area (Å²) in [5, 5.41) is 11.8. The fraction of sp³-hybridized carbons (Fsp3) is 0.833. The molecule has 0 bridgehead atoms. The van der Waals surface area contributed by atoms with Gasteiger partial charge in [-0.25, -0.2) is 4.79 Å². The number of carbonyl (C=O) groups excluding carboxylic acids is 1. The maximum Gasteiger partial charge on any atom is 0.318 e. The summed E-state index contributed by atoms with van der Waals surface area (Å²) in [5.74, 6) is 0.983. The minimum atomic E-state index is -0.273. The van der Waals surface area contributed by atoms with Crippen LogP contribution in [0.4, 0.5) is 4.79 Å². The fourth-order valence-corrected chi connectivity index (χ4v) is 2.28. The Morgan fingerprint density at radius 1 is 1.50 bits per heavy atom. The van der Waals surface area contributed by atoms with E-state index in [0.717, 1.165) is 32.4 Å². The third-order valence-corrected chi connectivity index (χ3v) is 3.46. The number of carbonyl (C=O) groups is 1. The molecule has 0 aromatic heterocycles. The molecule has 2 amide bonds. The first-order valence-corrected chi connectivity index (χ1v) is 6.15. The van der Waals surface area contributed by atoms with Crippen LogP contribution in [0.25, 0.3) is 0 Å². The van der Waals surface area contributed by atoms with Crippen molar-refractivity contribution in [1.29, 1.82) is 5.26 Å². The second kappa shape index (κ2) is 4.73. The quantitative estimate of drug-likeness (QED) is 0.772. The number of rotatable bonds is 2. The minimum Gasteiger partial charge on any atom is -0.325 e. The summed E-state index contributed by atoms with van der Waals surface area (Å²) in [6.07, 6.45) is 4.44. The molecule has 1 saturated carbocycles. The lowest BCUT2D eigenvalue weighted by atomic mass is 10.0. The van der Waals surface area contributed by atoms with Crippen molar-refractivity contribution in [2.24, 2.45) is 11.8 Å². The lowest BCUT2D eigenvalue weighted by Crippen LogP contribution is -2.48. The third kappa shape index (κ3) is 2.66.